The maximum atomic E-state index is 13.3. The van der Waals surface area contributed by atoms with Crippen LogP contribution in [0.15, 0.2) is 42.5 Å². The lowest BCUT2D eigenvalue weighted by Gasteiger charge is -2.33. The van der Waals surface area contributed by atoms with Gasteiger partial charge in [-0.3, -0.25) is 4.79 Å². The molecule has 2 aromatic carbocycles. The summed E-state index contributed by atoms with van der Waals surface area (Å²) in [5, 5.41) is 0. The molecular weight excluding hydrogens is 333 g/mol. The maximum absolute atomic E-state index is 13.3. The minimum absolute atomic E-state index is 0.0121. The van der Waals surface area contributed by atoms with Gasteiger partial charge in [0.2, 0.25) is 0 Å². The first-order valence-electron chi connectivity index (χ1n) is 8.85. The molecule has 5 heteroatoms. The highest BCUT2D eigenvalue weighted by atomic mass is 19.1. The van der Waals surface area contributed by atoms with Crippen LogP contribution in [0.4, 0.5) is 4.39 Å². The van der Waals surface area contributed by atoms with Crippen LogP contribution in [0.3, 0.4) is 0 Å². The molecule has 0 N–H and O–H groups in total. The van der Waals surface area contributed by atoms with Gasteiger partial charge in [0.1, 0.15) is 5.82 Å². The van der Waals surface area contributed by atoms with Crippen molar-refractivity contribution >= 4 is 5.91 Å². The normalized spacial score (nSPS) is 17.3. The van der Waals surface area contributed by atoms with E-state index in [2.05, 4.69) is 0 Å². The Morgan fingerprint density at radius 2 is 2.04 bits per heavy atom. The summed E-state index contributed by atoms with van der Waals surface area (Å²) in [4.78, 5) is 14.6. The molecule has 0 aromatic heterocycles. The number of halogens is 1. The van der Waals surface area contributed by atoms with E-state index in [9.17, 15) is 9.18 Å². The molecule has 1 heterocycles. The smallest absolute Gasteiger partial charge is 0.254 e. The molecule has 1 aliphatic rings. The van der Waals surface area contributed by atoms with Gasteiger partial charge in [-0.2, -0.15) is 0 Å². The van der Waals surface area contributed by atoms with Crippen molar-refractivity contribution in [3.63, 3.8) is 0 Å². The van der Waals surface area contributed by atoms with Crippen LogP contribution in [0.1, 0.15) is 22.3 Å². The van der Waals surface area contributed by atoms with E-state index in [-0.39, 0.29) is 17.8 Å². The van der Waals surface area contributed by atoms with Gasteiger partial charge in [0.25, 0.3) is 5.91 Å². The fourth-order valence-corrected chi connectivity index (χ4v) is 3.25. The molecule has 1 aliphatic heterocycles. The van der Waals surface area contributed by atoms with Gasteiger partial charge in [-0.1, -0.05) is 18.2 Å². The average Bonchev–Trinajstić information content (AvgIpc) is 2.66. The minimum Gasteiger partial charge on any atom is -0.385 e. The van der Waals surface area contributed by atoms with E-state index in [4.69, 9.17) is 9.47 Å². The zero-order chi connectivity index (χ0) is 18.5. The lowest BCUT2D eigenvalue weighted by atomic mass is 9.99. The number of aryl methyl sites for hydroxylation is 1. The zero-order valence-electron chi connectivity index (χ0n) is 15.2. The molecule has 4 nitrogen and oxygen atoms in total. The van der Waals surface area contributed by atoms with Gasteiger partial charge in [0, 0.05) is 32.4 Å². The number of ether oxygens (including phenoxy) is 2. The second kappa shape index (κ2) is 8.43. The number of rotatable bonds is 5. The predicted molar refractivity (Wildman–Crippen MR) is 98.7 cm³/mol. The molecule has 1 amide bonds. The molecule has 1 fully saturated rings. The van der Waals surface area contributed by atoms with Crippen molar-refractivity contribution in [3.05, 3.63) is 59.4 Å². The Morgan fingerprint density at radius 3 is 2.73 bits per heavy atom. The average molecular weight is 357 g/mol. The van der Waals surface area contributed by atoms with Gasteiger partial charge in [-0.25, -0.2) is 4.39 Å². The topological polar surface area (TPSA) is 38.8 Å². The summed E-state index contributed by atoms with van der Waals surface area (Å²) in [6.07, 6.45) is 0.803. The Bertz CT molecular complexity index is 760. The minimum atomic E-state index is -0.242. The van der Waals surface area contributed by atoms with E-state index < -0.39 is 0 Å². The van der Waals surface area contributed by atoms with E-state index >= 15 is 0 Å². The molecular formula is C21H24FNO3. The summed E-state index contributed by atoms with van der Waals surface area (Å²) in [6.45, 7) is 4.24. The first-order valence-corrected chi connectivity index (χ1v) is 8.85. The highest BCUT2D eigenvalue weighted by Crippen LogP contribution is 2.25. The maximum Gasteiger partial charge on any atom is 0.254 e. The molecule has 0 radical (unpaired) electrons. The number of morpholine rings is 1. The fraction of sp³-hybridized carbons (Fsp3) is 0.381. The third kappa shape index (κ3) is 4.29. The summed E-state index contributed by atoms with van der Waals surface area (Å²) in [6, 6.07) is 12.2. The van der Waals surface area contributed by atoms with E-state index in [0.29, 0.717) is 31.9 Å². The SMILES string of the molecule is COCC[C@@H]1CN(C(=O)c2ccc(-c3ccc(F)cc3C)cc2)CCO1. The van der Waals surface area contributed by atoms with Crippen LogP contribution in [0.2, 0.25) is 0 Å². The molecule has 1 atom stereocenters. The van der Waals surface area contributed by atoms with Gasteiger partial charge < -0.3 is 14.4 Å². The quantitative estimate of drug-likeness (QED) is 0.819. The Balaban J connectivity index is 1.70. The lowest BCUT2D eigenvalue weighted by Crippen LogP contribution is -2.45. The number of carbonyl (C=O) groups is 1. The second-order valence-corrected chi connectivity index (χ2v) is 6.56. The monoisotopic (exact) mass is 357 g/mol. The number of carbonyl (C=O) groups excluding carboxylic acids is 1. The second-order valence-electron chi connectivity index (χ2n) is 6.56. The van der Waals surface area contributed by atoms with Crippen LogP contribution >= 0.6 is 0 Å². The summed E-state index contributed by atoms with van der Waals surface area (Å²) in [5.41, 5.74) is 3.47. The molecule has 0 saturated carbocycles. The first-order chi connectivity index (χ1) is 12.6. The van der Waals surface area contributed by atoms with Crippen molar-refractivity contribution in [2.75, 3.05) is 33.4 Å². The van der Waals surface area contributed by atoms with Gasteiger partial charge >= 0.3 is 0 Å². The summed E-state index contributed by atoms with van der Waals surface area (Å²) in [5.74, 6) is -0.230. The Labute approximate surface area is 153 Å². The Hall–Kier alpha value is -2.24. The molecule has 26 heavy (non-hydrogen) atoms. The van der Waals surface area contributed by atoms with Crippen LogP contribution in [-0.4, -0.2) is 50.3 Å². The van der Waals surface area contributed by atoms with Crippen LogP contribution < -0.4 is 0 Å². The van der Waals surface area contributed by atoms with Crippen LogP contribution in [0.25, 0.3) is 11.1 Å². The van der Waals surface area contributed by atoms with Gasteiger partial charge in [-0.15, -0.1) is 0 Å². The fourth-order valence-electron chi connectivity index (χ4n) is 3.25. The molecule has 3 rings (SSSR count). The number of hydrogen-bond donors (Lipinski definition) is 0. The lowest BCUT2D eigenvalue weighted by molar-refractivity contribution is -0.0332. The number of benzene rings is 2. The number of methoxy groups -OCH3 is 1. The van der Waals surface area contributed by atoms with E-state index in [0.717, 1.165) is 23.1 Å². The van der Waals surface area contributed by atoms with E-state index in [1.54, 1.807) is 13.2 Å². The van der Waals surface area contributed by atoms with Crippen molar-refractivity contribution in [2.24, 2.45) is 0 Å². The summed E-state index contributed by atoms with van der Waals surface area (Å²) in [7, 11) is 1.66. The Morgan fingerprint density at radius 1 is 1.27 bits per heavy atom. The summed E-state index contributed by atoms with van der Waals surface area (Å²) < 4.78 is 24.1. The molecule has 138 valence electrons. The zero-order valence-corrected chi connectivity index (χ0v) is 15.2. The van der Waals surface area contributed by atoms with Crippen molar-refractivity contribution < 1.29 is 18.7 Å². The van der Waals surface area contributed by atoms with Crippen molar-refractivity contribution in [1.82, 2.24) is 4.90 Å². The molecule has 1 saturated heterocycles. The molecule has 0 bridgehead atoms. The standard InChI is InChI=1S/C21H24FNO3/c1-15-13-18(22)7-8-20(15)16-3-5-17(6-4-16)21(24)23-10-12-26-19(14-23)9-11-25-2/h3-8,13,19H,9-12,14H2,1-2H3/t19-/m1/s1. The van der Waals surface area contributed by atoms with Crippen LogP contribution in [0.5, 0.6) is 0 Å². The van der Waals surface area contributed by atoms with Crippen molar-refractivity contribution in [2.45, 2.75) is 19.4 Å². The van der Waals surface area contributed by atoms with Crippen LogP contribution in [-0.2, 0) is 9.47 Å². The van der Waals surface area contributed by atoms with Crippen LogP contribution in [0, 0.1) is 12.7 Å². The van der Waals surface area contributed by atoms with Gasteiger partial charge in [-0.05, 0) is 54.3 Å². The highest BCUT2D eigenvalue weighted by Gasteiger charge is 2.24. The summed E-state index contributed by atoms with van der Waals surface area (Å²) >= 11 is 0. The first kappa shape index (κ1) is 18.5. The van der Waals surface area contributed by atoms with E-state index in [1.807, 2.05) is 36.1 Å². The van der Waals surface area contributed by atoms with Crippen molar-refractivity contribution in [1.29, 1.82) is 0 Å². The molecule has 0 aliphatic carbocycles. The van der Waals surface area contributed by atoms with Gasteiger partial charge in [0.15, 0.2) is 0 Å². The Kier molecular flexibility index (Phi) is 6.01. The van der Waals surface area contributed by atoms with E-state index in [1.165, 1.54) is 12.1 Å². The molecule has 0 unspecified atom stereocenters. The molecule has 2 aromatic rings. The number of nitrogens with zero attached hydrogens (tertiary/aromatic N) is 1. The largest absolute Gasteiger partial charge is 0.385 e. The number of amides is 1. The highest BCUT2D eigenvalue weighted by molar-refractivity contribution is 5.94. The predicted octanol–water partition coefficient (Wildman–Crippen LogP) is 3.68. The third-order valence-electron chi connectivity index (χ3n) is 4.70. The van der Waals surface area contributed by atoms with Crippen molar-refractivity contribution in [3.8, 4) is 11.1 Å². The molecule has 0 spiro atoms. The van der Waals surface area contributed by atoms with Gasteiger partial charge in [0.05, 0.1) is 12.7 Å². The third-order valence-corrected chi connectivity index (χ3v) is 4.70. The number of hydrogen-bond acceptors (Lipinski definition) is 3.